The second kappa shape index (κ2) is 41.4. The topological polar surface area (TPSA) is 152 Å². The second-order valence-corrected chi connectivity index (χ2v) is 16.6. The first-order valence-corrected chi connectivity index (χ1v) is 24.4. The van der Waals surface area contributed by atoms with Crippen LogP contribution in [0.2, 0.25) is 0 Å². The minimum absolute atomic E-state index is 0.211. The Labute approximate surface area is 370 Å². The molecule has 6 atom stereocenters. The van der Waals surface area contributed by atoms with Crippen molar-refractivity contribution in [1.29, 1.82) is 0 Å². The maximum Gasteiger partial charge on any atom is 0.306 e. The van der Waals surface area contributed by atoms with Crippen LogP contribution >= 0.6 is 0 Å². The first kappa shape index (κ1) is 56.4. The van der Waals surface area contributed by atoms with E-state index >= 15 is 0 Å². The van der Waals surface area contributed by atoms with Crippen LogP contribution in [0.15, 0.2) is 60.8 Å². The van der Waals surface area contributed by atoms with Crippen molar-refractivity contribution in [1.82, 2.24) is 0 Å². The molecule has 0 bridgehead atoms. The molecule has 0 aromatic rings. The molecule has 10 nitrogen and oxygen atoms in total. The molecule has 0 aliphatic carbocycles. The van der Waals surface area contributed by atoms with E-state index in [1.54, 1.807) is 0 Å². The summed E-state index contributed by atoms with van der Waals surface area (Å²) in [5.41, 5.74) is 0. The Morgan fingerprint density at radius 3 is 1.38 bits per heavy atom. The average molecular weight is 861 g/mol. The van der Waals surface area contributed by atoms with Crippen molar-refractivity contribution in [3.63, 3.8) is 0 Å². The zero-order chi connectivity index (χ0) is 44.4. The highest BCUT2D eigenvalue weighted by atomic mass is 16.7. The first-order valence-electron chi connectivity index (χ1n) is 24.4. The molecular weight excluding hydrogens is 773 g/mol. The van der Waals surface area contributed by atoms with Crippen LogP contribution in [-0.2, 0) is 28.5 Å². The summed E-state index contributed by atoms with van der Waals surface area (Å²) in [7, 11) is 0. The van der Waals surface area contributed by atoms with Crippen molar-refractivity contribution in [3.05, 3.63) is 60.8 Å². The van der Waals surface area contributed by atoms with Crippen LogP contribution in [0.1, 0.15) is 194 Å². The average Bonchev–Trinajstić information content (AvgIpc) is 3.26. The fourth-order valence-corrected chi connectivity index (χ4v) is 6.99. The highest BCUT2D eigenvalue weighted by Crippen LogP contribution is 2.22. The standard InChI is InChI=1S/C51H88O10/c1-3-5-7-9-11-13-15-17-19-21-22-24-26-28-30-32-34-36-38-40-47(54)60-44(43-59-51-50(57)49(56)48(55)45(41-52)61-51)42-58-46(53)39-37-35-33-31-29-27-25-23-20-18-16-14-12-10-8-6-4-2/h11-14,17-20,22,24,44-45,48-52,55-57H,3-10,15-16,21,23,25-43H2,1-2H3/b13-11-,14-12-,19-17-,20-18-,24-22-. The number of carbonyl (C=O) groups is 2. The molecule has 0 saturated carbocycles. The van der Waals surface area contributed by atoms with Gasteiger partial charge in [0.25, 0.3) is 0 Å². The van der Waals surface area contributed by atoms with E-state index < -0.39 is 49.4 Å². The molecular formula is C51H88O10. The van der Waals surface area contributed by atoms with E-state index in [0.717, 1.165) is 83.5 Å². The fraction of sp³-hybridized carbons (Fsp3) is 0.765. The summed E-state index contributed by atoms with van der Waals surface area (Å²) in [5.74, 6) is -0.831. The molecule has 1 fully saturated rings. The van der Waals surface area contributed by atoms with Gasteiger partial charge in [-0.2, -0.15) is 0 Å². The molecule has 1 heterocycles. The number of ether oxygens (including phenoxy) is 4. The van der Waals surface area contributed by atoms with E-state index in [4.69, 9.17) is 18.9 Å². The number of hydrogen-bond acceptors (Lipinski definition) is 10. The van der Waals surface area contributed by atoms with E-state index in [9.17, 15) is 30.0 Å². The van der Waals surface area contributed by atoms with Crippen LogP contribution in [0, 0.1) is 0 Å². The zero-order valence-corrected chi connectivity index (χ0v) is 38.4. The fourth-order valence-electron chi connectivity index (χ4n) is 6.99. The number of rotatable bonds is 40. The molecule has 0 radical (unpaired) electrons. The van der Waals surface area contributed by atoms with Crippen molar-refractivity contribution in [2.45, 2.75) is 230 Å². The summed E-state index contributed by atoms with van der Waals surface area (Å²) < 4.78 is 22.2. The van der Waals surface area contributed by atoms with E-state index in [1.165, 1.54) is 70.6 Å². The lowest BCUT2D eigenvalue weighted by atomic mass is 9.99. The molecule has 6 unspecified atom stereocenters. The first-order chi connectivity index (χ1) is 29.8. The Morgan fingerprint density at radius 1 is 0.508 bits per heavy atom. The Kier molecular flexibility index (Phi) is 38.3. The van der Waals surface area contributed by atoms with Crippen LogP contribution in [0.4, 0.5) is 0 Å². The van der Waals surface area contributed by atoms with Crippen molar-refractivity contribution in [2.24, 2.45) is 0 Å². The summed E-state index contributed by atoms with van der Waals surface area (Å²) >= 11 is 0. The molecule has 1 aliphatic heterocycles. The van der Waals surface area contributed by atoms with E-state index in [0.29, 0.717) is 12.8 Å². The Hall–Kier alpha value is -2.60. The van der Waals surface area contributed by atoms with Gasteiger partial charge in [0.15, 0.2) is 12.4 Å². The van der Waals surface area contributed by atoms with Gasteiger partial charge in [-0.05, 0) is 83.5 Å². The Morgan fingerprint density at radius 2 is 0.918 bits per heavy atom. The number of aliphatic hydroxyl groups excluding tert-OH is 4. The van der Waals surface area contributed by atoms with E-state index in [2.05, 4.69) is 74.6 Å². The molecule has 0 amide bonds. The normalized spacial score (nSPS) is 20.3. The van der Waals surface area contributed by atoms with Gasteiger partial charge in [-0.25, -0.2) is 0 Å². The third kappa shape index (κ3) is 32.7. The lowest BCUT2D eigenvalue weighted by molar-refractivity contribution is -0.305. The lowest BCUT2D eigenvalue weighted by Crippen LogP contribution is -2.59. The van der Waals surface area contributed by atoms with Gasteiger partial charge >= 0.3 is 11.9 Å². The van der Waals surface area contributed by atoms with Crippen molar-refractivity contribution in [3.8, 4) is 0 Å². The SMILES string of the molecule is CCCCC/C=C\C/C=C\C/C=C\CCCCCCCCC(=O)OC(COC(=O)CCCCCCCCC/C=C\C/C=C\CCCCC)COC1OC(CO)C(O)C(O)C1O. The predicted octanol–water partition coefficient (Wildman–Crippen LogP) is 11.0. The van der Waals surface area contributed by atoms with Crippen molar-refractivity contribution in [2.75, 3.05) is 19.8 Å². The summed E-state index contributed by atoms with van der Waals surface area (Å²) in [6.07, 6.45) is 43.6. The minimum Gasteiger partial charge on any atom is -0.462 e. The summed E-state index contributed by atoms with van der Waals surface area (Å²) in [6, 6.07) is 0. The highest BCUT2D eigenvalue weighted by molar-refractivity contribution is 5.70. The van der Waals surface area contributed by atoms with Gasteiger partial charge in [-0.3, -0.25) is 9.59 Å². The number of allylic oxidation sites excluding steroid dienone is 10. The molecule has 1 rings (SSSR count). The zero-order valence-electron chi connectivity index (χ0n) is 38.4. The smallest absolute Gasteiger partial charge is 0.306 e. The maximum atomic E-state index is 12.8. The highest BCUT2D eigenvalue weighted by Gasteiger charge is 2.44. The van der Waals surface area contributed by atoms with E-state index in [-0.39, 0.29) is 32.0 Å². The van der Waals surface area contributed by atoms with Gasteiger partial charge < -0.3 is 39.4 Å². The number of unbranched alkanes of at least 4 members (excludes halogenated alkanes) is 19. The number of aliphatic hydroxyl groups is 4. The van der Waals surface area contributed by atoms with Gasteiger partial charge in [-0.15, -0.1) is 0 Å². The van der Waals surface area contributed by atoms with E-state index in [1.807, 2.05) is 0 Å². The van der Waals surface area contributed by atoms with Gasteiger partial charge in [0.2, 0.25) is 0 Å². The number of hydrogen-bond donors (Lipinski definition) is 4. The van der Waals surface area contributed by atoms with Gasteiger partial charge in [0.1, 0.15) is 31.0 Å². The number of carbonyl (C=O) groups excluding carboxylic acids is 2. The van der Waals surface area contributed by atoms with Crippen molar-refractivity contribution < 1.29 is 49.0 Å². The molecule has 61 heavy (non-hydrogen) atoms. The predicted molar refractivity (Wildman–Crippen MR) is 247 cm³/mol. The Balaban J connectivity index is 2.32. The monoisotopic (exact) mass is 861 g/mol. The van der Waals surface area contributed by atoms with Crippen LogP contribution in [0.25, 0.3) is 0 Å². The molecule has 1 saturated heterocycles. The Bertz CT molecular complexity index is 1180. The summed E-state index contributed by atoms with van der Waals surface area (Å²) in [6.45, 7) is 3.35. The summed E-state index contributed by atoms with van der Waals surface area (Å²) in [5, 5.41) is 40.2. The van der Waals surface area contributed by atoms with Gasteiger partial charge in [0, 0.05) is 12.8 Å². The van der Waals surface area contributed by atoms with Gasteiger partial charge in [-0.1, -0.05) is 158 Å². The van der Waals surface area contributed by atoms with Gasteiger partial charge in [0.05, 0.1) is 13.2 Å². The molecule has 0 aromatic heterocycles. The molecule has 0 aromatic carbocycles. The second-order valence-electron chi connectivity index (χ2n) is 16.6. The van der Waals surface area contributed by atoms with Crippen LogP contribution in [-0.4, -0.2) is 89.0 Å². The third-order valence-electron chi connectivity index (χ3n) is 10.9. The van der Waals surface area contributed by atoms with Crippen LogP contribution in [0.3, 0.4) is 0 Å². The summed E-state index contributed by atoms with van der Waals surface area (Å²) in [4.78, 5) is 25.4. The van der Waals surface area contributed by atoms with Crippen molar-refractivity contribution >= 4 is 11.9 Å². The molecule has 352 valence electrons. The molecule has 0 spiro atoms. The van der Waals surface area contributed by atoms with Crippen LogP contribution < -0.4 is 0 Å². The third-order valence-corrected chi connectivity index (χ3v) is 10.9. The largest absolute Gasteiger partial charge is 0.462 e. The maximum absolute atomic E-state index is 12.8. The quantitative estimate of drug-likeness (QED) is 0.0266. The molecule has 10 heteroatoms. The molecule has 1 aliphatic rings. The lowest BCUT2D eigenvalue weighted by Gasteiger charge is -2.39. The number of esters is 2. The molecule has 4 N–H and O–H groups in total. The minimum atomic E-state index is -1.60. The van der Waals surface area contributed by atoms with Crippen LogP contribution in [0.5, 0.6) is 0 Å².